The minimum Gasteiger partial charge on any atom is -0.395 e. The summed E-state index contributed by atoms with van der Waals surface area (Å²) >= 11 is 0. The third-order valence-corrected chi connectivity index (χ3v) is 2.50. The number of fused-ring (bicyclic) bond motifs is 1. The van der Waals surface area contributed by atoms with Gasteiger partial charge in [0.1, 0.15) is 12.3 Å². The van der Waals surface area contributed by atoms with E-state index in [0.29, 0.717) is 0 Å². The number of nitrogens with zero attached hydrogens (tertiary/aromatic N) is 2. The molecule has 0 saturated carbocycles. The maximum Gasteiger partial charge on any atom is 0.323 e. The second-order valence-electron chi connectivity index (χ2n) is 3.32. The molecule has 2 aliphatic heterocycles. The fourth-order valence-electron chi connectivity index (χ4n) is 1.81. The van der Waals surface area contributed by atoms with Crippen LogP contribution in [0.5, 0.6) is 0 Å². The van der Waals surface area contributed by atoms with E-state index >= 15 is 0 Å². The molecule has 7 heteroatoms. The predicted octanol–water partition coefficient (Wildman–Crippen LogP) is -1.69. The summed E-state index contributed by atoms with van der Waals surface area (Å²) in [5.74, 6) is 0. The summed E-state index contributed by atoms with van der Waals surface area (Å²) < 4.78 is 0. The lowest BCUT2D eigenvalue weighted by Crippen LogP contribution is -2.44. The van der Waals surface area contributed by atoms with E-state index in [9.17, 15) is 9.59 Å². The number of carbonyl (C=O) groups excluding carboxylic acids is 2. The molecule has 0 aliphatic carbocycles. The van der Waals surface area contributed by atoms with Crippen LogP contribution in [-0.2, 0) is 0 Å². The molecule has 2 saturated heterocycles. The molecule has 0 aromatic heterocycles. The summed E-state index contributed by atoms with van der Waals surface area (Å²) in [6, 6.07) is -0.483. The molecule has 4 amide bonds. The number of likely N-dealkylation sites (N-methyl/N-ethyl adjacent to an activating group) is 1. The second kappa shape index (κ2) is 3.02. The van der Waals surface area contributed by atoms with E-state index in [1.54, 1.807) is 7.05 Å². The normalized spacial score (nSPS) is 30.4. The number of nitrogens with one attached hydrogen (secondary N) is 2. The lowest BCUT2D eigenvalue weighted by Gasteiger charge is -2.19. The largest absolute Gasteiger partial charge is 0.395 e. The third-order valence-electron chi connectivity index (χ3n) is 2.50. The smallest absolute Gasteiger partial charge is 0.323 e. The van der Waals surface area contributed by atoms with Gasteiger partial charge in [-0.05, 0) is 0 Å². The first-order valence-electron chi connectivity index (χ1n) is 4.36. The molecule has 2 atom stereocenters. The van der Waals surface area contributed by atoms with E-state index in [-0.39, 0.29) is 37.5 Å². The van der Waals surface area contributed by atoms with E-state index in [2.05, 4.69) is 10.6 Å². The molecular formula is C7H12N4O3. The lowest BCUT2D eigenvalue weighted by molar-refractivity contribution is 0.166. The second-order valence-corrected chi connectivity index (χ2v) is 3.32. The van der Waals surface area contributed by atoms with Gasteiger partial charge in [-0.2, -0.15) is 0 Å². The average Bonchev–Trinajstić information content (AvgIpc) is 2.61. The van der Waals surface area contributed by atoms with E-state index in [0.717, 1.165) is 0 Å². The standard InChI is InChI=1S/C7H12N4O3/c1-10-4-5(9-6(13)8-4)11(2-3-12)7(10)14/h4-5,12H,2-3H2,1H3,(H2,8,9,13). The molecule has 2 aliphatic rings. The van der Waals surface area contributed by atoms with Gasteiger partial charge in [0, 0.05) is 13.6 Å². The molecule has 3 N–H and O–H groups in total. The maximum absolute atomic E-state index is 11.6. The van der Waals surface area contributed by atoms with Crippen LogP contribution in [0.4, 0.5) is 9.59 Å². The van der Waals surface area contributed by atoms with Gasteiger partial charge in [0.15, 0.2) is 0 Å². The van der Waals surface area contributed by atoms with Crippen LogP contribution < -0.4 is 10.6 Å². The van der Waals surface area contributed by atoms with Crippen molar-refractivity contribution in [1.82, 2.24) is 20.4 Å². The maximum atomic E-state index is 11.6. The van der Waals surface area contributed by atoms with Crippen LogP contribution in [0.15, 0.2) is 0 Å². The van der Waals surface area contributed by atoms with Crippen LogP contribution in [0.2, 0.25) is 0 Å². The molecule has 2 rings (SSSR count). The molecule has 0 radical (unpaired) electrons. The molecule has 7 nitrogen and oxygen atoms in total. The molecule has 2 fully saturated rings. The first-order chi connectivity index (χ1) is 6.65. The SMILES string of the molecule is CN1C(=O)N(CCO)C2NC(=O)NC21. The molecule has 2 unspecified atom stereocenters. The highest BCUT2D eigenvalue weighted by Crippen LogP contribution is 2.20. The number of rotatable bonds is 2. The zero-order valence-electron chi connectivity index (χ0n) is 7.73. The molecule has 78 valence electrons. The van der Waals surface area contributed by atoms with Crippen molar-refractivity contribution in [1.29, 1.82) is 0 Å². The van der Waals surface area contributed by atoms with Crippen molar-refractivity contribution in [2.45, 2.75) is 12.3 Å². The fraction of sp³-hybridized carbons (Fsp3) is 0.714. The van der Waals surface area contributed by atoms with Gasteiger partial charge in [0.2, 0.25) is 0 Å². The lowest BCUT2D eigenvalue weighted by atomic mass is 10.4. The van der Waals surface area contributed by atoms with Gasteiger partial charge >= 0.3 is 12.1 Å². The van der Waals surface area contributed by atoms with Crippen molar-refractivity contribution in [2.24, 2.45) is 0 Å². The number of carbonyl (C=O) groups is 2. The molecule has 0 aromatic rings. The number of urea groups is 2. The van der Waals surface area contributed by atoms with Gasteiger partial charge in [-0.25, -0.2) is 9.59 Å². The third kappa shape index (κ3) is 1.09. The highest BCUT2D eigenvalue weighted by Gasteiger charge is 2.48. The Kier molecular flexibility index (Phi) is 1.95. The van der Waals surface area contributed by atoms with E-state index in [1.165, 1.54) is 9.80 Å². The Balaban J connectivity index is 2.18. The van der Waals surface area contributed by atoms with Crippen molar-refractivity contribution in [3.63, 3.8) is 0 Å². The number of hydrogen-bond donors (Lipinski definition) is 3. The molecule has 14 heavy (non-hydrogen) atoms. The molecule has 0 bridgehead atoms. The first-order valence-corrected chi connectivity index (χ1v) is 4.36. The van der Waals surface area contributed by atoms with Crippen LogP contribution >= 0.6 is 0 Å². The Morgan fingerprint density at radius 1 is 1.36 bits per heavy atom. The van der Waals surface area contributed by atoms with Crippen molar-refractivity contribution >= 4 is 12.1 Å². The van der Waals surface area contributed by atoms with Gasteiger partial charge in [0.05, 0.1) is 6.61 Å². The van der Waals surface area contributed by atoms with Gasteiger partial charge in [-0.15, -0.1) is 0 Å². The van der Waals surface area contributed by atoms with E-state index in [1.807, 2.05) is 0 Å². The topological polar surface area (TPSA) is 84.9 Å². The zero-order chi connectivity index (χ0) is 10.3. The molecular weight excluding hydrogens is 188 g/mol. The first kappa shape index (κ1) is 9.07. The quantitative estimate of drug-likeness (QED) is 0.497. The van der Waals surface area contributed by atoms with Gasteiger partial charge in [-0.1, -0.05) is 0 Å². The Bertz CT molecular complexity index is 282. The van der Waals surface area contributed by atoms with Crippen molar-refractivity contribution in [3.8, 4) is 0 Å². The predicted molar refractivity (Wildman–Crippen MR) is 46.2 cm³/mol. The molecule has 2 heterocycles. The number of aliphatic hydroxyl groups excluding tert-OH is 1. The Morgan fingerprint density at radius 2 is 2.00 bits per heavy atom. The highest BCUT2D eigenvalue weighted by atomic mass is 16.3. The zero-order valence-corrected chi connectivity index (χ0v) is 7.73. The van der Waals surface area contributed by atoms with Gasteiger partial charge < -0.3 is 20.6 Å². The Morgan fingerprint density at radius 3 is 2.64 bits per heavy atom. The van der Waals surface area contributed by atoms with Crippen molar-refractivity contribution in [2.75, 3.05) is 20.2 Å². The summed E-state index contributed by atoms with van der Waals surface area (Å²) in [5.41, 5.74) is 0. The average molecular weight is 200 g/mol. The molecule has 0 spiro atoms. The van der Waals surface area contributed by atoms with Gasteiger partial charge in [-0.3, -0.25) is 4.90 Å². The Hall–Kier alpha value is -1.50. The minimum atomic E-state index is -0.368. The number of aliphatic hydroxyl groups is 1. The van der Waals surface area contributed by atoms with E-state index < -0.39 is 0 Å². The van der Waals surface area contributed by atoms with E-state index in [4.69, 9.17) is 5.11 Å². The summed E-state index contributed by atoms with van der Waals surface area (Å²) in [7, 11) is 1.62. The summed E-state index contributed by atoms with van der Waals surface area (Å²) in [6.07, 6.45) is -0.700. The van der Waals surface area contributed by atoms with Crippen LogP contribution in [0.25, 0.3) is 0 Å². The summed E-state index contributed by atoms with van der Waals surface area (Å²) in [5, 5.41) is 14.0. The number of amides is 4. The molecule has 0 aromatic carbocycles. The van der Waals surface area contributed by atoms with Crippen LogP contribution in [-0.4, -0.2) is 59.5 Å². The number of hydrogen-bond acceptors (Lipinski definition) is 3. The fourth-order valence-corrected chi connectivity index (χ4v) is 1.81. The van der Waals surface area contributed by atoms with Crippen molar-refractivity contribution in [3.05, 3.63) is 0 Å². The number of β-amino-alcohol motifs (C(OH)–C–C–N with tert-alkyl or cyclic N) is 1. The summed E-state index contributed by atoms with van der Waals surface area (Å²) in [4.78, 5) is 25.5. The Labute approximate surface area is 80.7 Å². The highest BCUT2D eigenvalue weighted by molar-refractivity contribution is 5.84. The van der Waals surface area contributed by atoms with Crippen LogP contribution in [0.1, 0.15) is 0 Å². The minimum absolute atomic E-state index is 0.112. The van der Waals surface area contributed by atoms with Crippen LogP contribution in [0.3, 0.4) is 0 Å². The monoisotopic (exact) mass is 200 g/mol. The van der Waals surface area contributed by atoms with Crippen LogP contribution in [0, 0.1) is 0 Å². The van der Waals surface area contributed by atoms with Gasteiger partial charge in [0.25, 0.3) is 0 Å². The van der Waals surface area contributed by atoms with Crippen molar-refractivity contribution < 1.29 is 14.7 Å². The summed E-state index contributed by atoms with van der Waals surface area (Å²) in [6.45, 7) is 0.116.